The fourth-order valence-electron chi connectivity index (χ4n) is 2.54. The van der Waals surface area contributed by atoms with Crippen molar-refractivity contribution in [3.05, 3.63) is 28.8 Å². The smallest absolute Gasteiger partial charge is 0.260 e. The van der Waals surface area contributed by atoms with E-state index in [1.165, 1.54) is 0 Å². The third-order valence-electron chi connectivity index (χ3n) is 3.66. The molecule has 94 valence electrons. The Morgan fingerprint density at radius 1 is 1.29 bits per heavy atom. The van der Waals surface area contributed by atoms with Crippen molar-refractivity contribution in [3.63, 3.8) is 0 Å². The van der Waals surface area contributed by atoms with Gasteiger partial charge in [0.2, 0.25) is 0 Å². The molecule has 0 heterocycles. The molecule has 0 aliphatic heterocycles. The number of aryl methyl sites for hydroxylation is 2. The lowest BCUT2D eigenvalue weighted by atomic mass is 9.91. The first-order valence-electron chi connectivity index (χ1n) is 5.61. The van der Waals surface area contributed by atoms with Gasteiger partial charge in [0.25, 0.3) is 5.92 Å². The van der Waals surface area contributed by atoms with E-state index in [9.17, 15) is 8.78 Å². The Kier molecular flexibility index (Phi) is 2.65. The van der Waals surface area contributed by atoms with Crippen molar-refractivity contribution >= 4 is 0 Å². The van der Waals surface area contributed by atoms with Gasteiger partial charge in [-0.2, -0.15) is 0 Å². The van der Waals surface area contributed by atoms with Gasteiger partial charge in [-0.3, -0.25) is 0 Å². The number of hydrogen-bond acceptors (Lipinski definition) is 2. The van der Waals surface area contributed by atoms with Crippen LogP contribution < -0.4 is 10.5 Å². The van der Waals surface area contributed by atoms with Crippen LogP contribution in [-0.2, 0) is 5.41 Å². The standard InChI is InChI=1S/C13H17F2NO/c1-8-4-10(5-9(2)11(8)17-3)12(7-16)6-13(12,14)15/h4-5H,6-7,16H2,1-3H3. The Bertz CT molecular complexity index is 436. The fraction of sp³-hybridized carbons (Fsp3) is 0.538. The highest BCUT2D eigenvalue weighted by molar-refractivity contribution is 5.49. The Labute approximate surface area is 99.8 Å². The minimum Gasteiger partial charge on any atom is -0.496 e. The van der Waals surface area contributed by atoms with Crippen molar-refractivity contribution in [1.29, 1.82) is 0 Å². The number of methoxy groups -OCH3 is 1. The minimum atomic E-state index is -2.67. The third kappa shape index (κ3) is 1.62. The summed E-state index contributed by atoms with van der Waals surface area (Å²) < 4.78 is 32.2. The van der Waals surface area contributed by atoms with E-state index < -0.39 is 11.3 Å². The van der Waals surface area contributed by atoms with Crippen LogP contribution in [0.2, 0.25) is 0 Å². The summed E-state index contributed by atoms with van der Waals surface area (Å²) >= 11 is 0. The Morgan fingerprint density at radius 2 is 1.76 bits per heavy atom. The van der Waals surface area contributed by atoms with Crippen LogP contribution in [0.1, 0.15) is 23.1 Å². The summed E-state index contributed by atoms with van der Waals surface area (Å²) in [5.41, 5.74) is 6.75. The van der Waals surface area contributed by atoms with E-state index in [0.29, 0.717) is 5.56 Å². The number of hydrogen-bond donors (Lipinski definition) is 1. The third-order valence-corrected chi connectivity index (χ3v) is 3.66. The number of rotatable bonds is 3. The van der Waals surface area contributed by atoms with E-state index >= 15 is 0 Å². The van der Waals surface area contributed by atoms with Gasteiger partial charge in [-0.1, -0.05) is 12.1 Å². The van der Waals surface area contributed by atoms with E-state index in [0.717, 1.165) is 16.9 Å². The Morgan fingerprint density at radius 3 is 2.06 bits per heavy atom. The van der Waals surface area contributed by atoms with Gasteiger partial charge >= 0.3 is 0 Å². The van der Waals surface area contributed by atoms with Crippen LogP contribution in [0.15, 0.2) is 12.1 Å². The second kappa shape index (κ2) is 3.67. The number of nitrogens with two attached hydrogens (primary N) is 1. The summed E-state index contributed by atoms with van der Waals surface area (Å²) in [7, 11) is 1.58. The maximum absolute atomic E-state index is 13.5. The predicted molar refractivity (Wildman–Crippen MR) is 62.8 cm³/mol. The topological polar surface area (TPSA) is 35.2 Å². The van der Waals surface area contributed by atoms with Gasteiger partial charge in [0.15, 0.2) is 0 Å². The van der Waals surface area contributed by atoms with Crippen LogP contribution in [-0.4, -0.2) is 19.6 Å². The van der Waals surface area contributed by atoms with Gasteiger partial charge in [0, 0.05) is 13.0 Å². The summed E-state index contributed by atoms with van der Waals surface area (Å²) in [5.74, 6) is -1.92. The molecule has 2 rings (SSSR count). The number of ether oxygens (including phenoxy) is 1. The van der Waals surface area contributed by atoms with Crippen LogP contribution in [0.5, 0.6) is 5.75 Å². The number of benzene rings is 1. The van der Waals surface area contributed by atoms with E-state index in [2.05, 4.69) is 0 Å². The normalized spacial score (nSPS) is 25.8. The summed E-state index contributed by atoms with van der Waals surface area (Å²) in [6.45, 7) is 3.70. The van der Waals surface area contributed by atoms with Gasteiger partial charge in [-0.25, -0.2) is 8.78 Å². The highest BCUT2D eigenvalue weighted by atomic mass is 19.3. The zero-order chi connectivity index (χ0) is 12.8. The molecular formula is C13H17F2NO. The second-order valence-electron chi connectivity index (χ2n) is 4.81. The molecule has 1 aromatic rings. The zero-order valence-electron chi connectivity index (χ0n) is 10.3. The molecule has 1 unspecified atom stereocenters. The maximum atomic E-state index is 13.5. The van der Waals surface area contributed by atoms with E-state index in [-0.39, 0.29) is 13.0 Å². The molecule has 1 aromatic carbocycles. The summed E-state index contributed by atoms with van der Waals surface area (Å²) in [4.78, 5) is 0. The van der Waals surface area contributed by atoms with E-state index in [4.69, 9.17) is 10.5 Å². The van der Waals surface area contributed by atoms with Crippen molar-refractivity contribution in [3.8, 4) is 5.75 Å². The molecule has 2 N–H and O–H groups in total. The van der Waals surface area contributed by atoms with Crippen molar-refractivity contribution in [2.45, 2.75) is 31.6 Å². The van der Waals surface area contributed by atoms with Gasteiger partial charge in [-0.05, 0) is 30.5 Å². The molecule has 4 heteroatoms. The molecule has 1 fully saturated rings. The zero-order valence-corrected chi connectivity index (χ0v) is 10.3. The molecule has 1 aliphatic carbocycles. The van der Waals surface area contributed by atoms with E-state index in [1.54, 1.807) is 19.2 Å². The predicted octanol–water partition coefficient (Wildman–Crippen LogP) is 2.55. The summed E-state index contributed by atoms with van der Waals surface area (Å²) in [6.07, 6.45) is -0.151. The molecular weight excluding hydrogens is 224 g/mol. The Balaban J connectivity index is 2.49. The summed E-state index contributed by atoms with van der Waals surface area (Å²) in [6, 6.07) is 3.53. The first kappa shape index (κ1) is 12.3. The Hall–Kier alpha value is -1.16. The molecule has 2 nitrogen and oxygen atoms in total. The van der Waals surface area contributed by atoms with Gasteiger partial charge in [0.05, 0.1) is 12.5 Å². The quantitative estimate of drug-likeness (QED) is 0.882. The monoisotopic (exact) mass is 241 g/mol. The first-order chi connectivity index (χ1) is 7.88. The van der Waals surface area contributed by atoms with Crippen LogP contribution >= 0.6 is 0 Å². The lowest BCUT2D eigenvalue weighted by Crippen LogP contribution is -2.27. The molecule has 1 aliphatic rings. The minimum absolute atomic E-state index is 0.0226. The second-order valence-corrected chi connectivity index (χ2v) is 4.81. The number of alkyl halides is 2. The lowest BCUT2D eigenvalue weighted by molar-refractivity contribution is 0.0896. The van der Waals surface area contributed by atoms with Crippen molar-refractivity contribution < 1.29 is 13.5 Å². The average Bonchev–Trinajstić information content (AvgIpc) is 2.82. The van der Waals surface area contributed by atoms with Crippen LogP contribution in [0.25, 0.3) is 0 Å². The molecule has 0 saturated heterocycles. The fourth-order valence-corrected chi connectivity index (χ4v) is 2.54. The average molecular weight is 241 g/mol. The van der Waals surface area contributed by atoms with E-state index in [1.807, 2.05) is 13.8 Å². The molecule has 17 heavy (non-hydrogen) atoms. The first-order valence-corrected chi connectivity index (χ1v) is 5.61. The largest absolute Gasteiger partial charge is 0.496 e. The van der Waals surface area contributed by atoms with Crippen molar-refractivity contribution in [2.75, 3.05) is 13.7 Å². The summed E-state index contributed by atoms with van der Waals surface area (Å²) in [5, 5.41) is 0. The molecule has 0 spiro atoms. The van der Waals surface area contributed by atoms with Gasteiger partial charge in [0.1, 0.15) is 5.75 Å². The van der Waals surface area contributed by atoms with Crippen LogP contribution in [0, 0.1) is 13.8 Å². The molecule has 0 aromatic heterocycles. The molecule has 1 atom stereocenters. The maximum Gasteiger partial charge on any atom is 0.260 e. The van der Waals surface area contributed by atoms with Crippen LogP contribution in [0.4, 0.5) is 8.78 Å². The molecule has 0 bridgehead atoms. The molecule has 1 saturated carbocycles. The molecule has 0 amide bonds. The van der Waals surface area contributed by atoms with Crippen molar-refractivity contribution in [2.24, 2.45) is 5.73 Å². The van der Waals surface area contributed by atoms with Gasteiger partial charge < -0.3 is 10.5 Å². The van der Waals surface area contributed by atoms with Crippen molar-refractivity contribution in [1.82, 2.24) is 0 Å². The lowest BCUT2D eigenvalue weighted by Gasteiger charge is -2.18. The highest BCUT2D eigenvalue weighted by Crippen LogP contribution is 2.61. The van der Waals surface area contributed by atoms with Crippen LogP contribution in [0.3, 0.4) is 0 Å². The SMILES string of the molecule is COc1c(C)cc(C2(CN)CC2(F)F)cc1C. The highest BCUT2D eigenvalue weighted by Gasteiger charge is 2.71. The van der Waals surface area contributed by atoms with Gasteiger partial charge in [-0.15, -0.1) is 0 Å². The number of halogens is 2. The molecule has 0 radical (unpaired) electrons.